The van der Waals surface area contributed by atoms with E-state index < -0.39 is 0 Å². The number of para-hydroxylation sites is 1. The number of benzene rings is 1. The number of carbonyl (C=O) groups excluding carboxylic acids is 2. The van der Waals surface area contributed by atoms with Crippen LogP contribution in [0.4, 0.5) is 5.69 Å². The molecule has 5 nitrogen and oxygen atoms in total. The molecule has 1 aromatic carbocycles. The van der Waals surface area contributed by atoms with Crippen LogP contribution in [0.15, 0.2) is 24.3 Å². The molecule has 140 valence electrons. The number of likely N-dealkylation sites (N-methyl/N-ethyl adjacent to an activating group) is 1. The Hall–Kier alpha value is -1.59. The lowest BCUT2D eigenvalue weighted by molar-refractivity contribution is -0.136. The van der Waals surface area contributed by atoms with Gasteiger partial charge in [0.2, 0.25) is 11.8 Å². The van der Waals surface area contributed by atoms with Crippen LogP contribution in [-0.2, 0) is 9.59 Å². The van der Waals surface area contributed by atoms with Crippen molar-refractivity contribution in [1.82, 2.24) is 9.80 Å². The molecule has 1 aromatic rings. The van der Waals surface area contributed by atoms with Crippen LogP contribution in [0.1, 0.15) is 40.5 Å². The fourth-order valence-electron chi connectivity index (χ4n) is 2.69. The van der Waals surface area contributed by atoms with Gasteiger partial charge in [-0.2, -0.15) is 0 Å². The molecule has 0 aromatic heterocycles. The van der Waals surface area contributed by atoms with Crippen molar-refractivity contribution in [3.05, 3.63) is 29.3 Å². The molecule has 0 heterocycles. The normalized spacial score (nSPS) is 13.4. The van der Waals surface area contributed by atoms with Crippen molar-refractivity contribution in [1.29, 1.82) is 0 Å². The van der Waals surface area contributed by atoms with E-state index in [-0.39, 0.29) is 37.0 Å². The third-order valence-electron chi connectivity index (χ3n) is 4.39. The summed E-state index contributed by atoms with van der Waals surface area (Å²) in [7, 11) is 1.77. The summed E-state index contributed by atoms with van der Waals surface area (Å²) in [6.07, 6.45) is 1.82. The molecule has 0 aliphatic carbocycles. The van der Waals surface area contributed by atoms with Gasteiger partial charge < -0.3 is 10.2 Å². The van der Waals surface area contributed by atoms with Crippen LogP contribution in [0.25, 0.3) is 0 Å². The molecule has 0 saturated heterocycles. The maximum atomic E-state index is 12.7. The van der Waals surface area contributed by atoms with Crippen LogP contribution >= 0.6 is 11.6 Å². The van der Waals surface area contributed by atoms with E-state index in [1.807, 2.05) is 11.0 Å². The maximum absolute atomic E-state index is 12.7. The van der Waals surface area contributed by atoms with Gasteiger partial charge in [0.1, 0.15) is 0 Å². The van der Waals surface area contributed by atoms with Crippen molar-refractivity contribution in [3.63, 3.8) is 0 Å². The van der Waals surface area contributed by atoms with Gasteiger partial charge in [0.25, 0.3) is 0 Å². The van der Waals surface area contributed by atoms with Crippen LogP contribution in [0, 0.1) is 0 Å². The van der Waals surface area contributed by atoms with Crippen LogP contribution in [0.3, 0.4) is 0 Å². The van der Waals surface area contributed by atoms with E-state index in [1.54, 1.807) is 30.1 Å². The quantitative estimate of drug-likeness (QED) is 0.725. The molecule has 25 heavy (non-hydrogen) atoms. The van der Waals surface area contributed by atoms with E-state index >= 15 is 0 Å². The number of carbonyl (C=O) groups is 2. The zero-order valence-corrected chi connectivity index (χ0v) is 16.6. The Kier molecular flexibility index (Phi) is 8.93. The molecule has 0 aliphatic rings. The third kappa shape index (κ3) is 6.67. The molecule has 2 atom stereocenters. The highest BCUT2D eigenvalue weighted by atomic mass is 35.5. The van der Waals surface area contributed by atoms with E-state index in [9.17, 15) is 9.59 Å². The second-order valence-electron chi connectivity index (χ2n) is 6.52. The van der Waals surface area contributed by atoms with Crippen molar-refractivity contribution in [2.75, 3.05) is 25.5 Å². The molecule has 0 radical (unpaired) electrons. The molecule has 0 saturated carbocycles. The average molecular weight is 368 g/mol. The SMILES string of the molecule is CC[C@H](C)N(C(=O)CN(C)CC(=O)Nc1ccccc1Cl)[C@@H](C)CC. The second-order valence-corrected chi connectivity index (χ2v) is 6.92. The standard InChI is InChI=1S/C19H30ClN3O2/c1-6-14(3)23(15(4)7-2)19(25)13-22(5)12-18(24)21-17-11-9-8-10-16(17)20/h8-11,14-15H,6-7,12-13H2,1-5H3,(H,21,24)/t14-,15-/m0/s1. The minimum absolute atomic E-state index is 0.0525. The Bertz CT molecular complexity index is 570. The Morgan fingerprint density at radius 2 is 1.64 bits per heavy atom. The largest absolute Gasteiger partial charge is 0.336 e. The van der Waals surface area contributed by atoms with E-state index in [0.29, 0.717) is 10.7 Å². The summed E-state index contributed by atoms with van der Waals surface area (Å²) < 4.78 is 0. The smallest absolute Gasteiger partial charge is 0.238 e. The molecule has 0 fully saturated rings. The summed E-state index contributed by atoms with van der Waals surface area (Å²) in [5.41, 5.74) is 0.578. The lowest BCUT2D eigenvalue weighted by atomic mass is 10.1. The van der Waals surface area contributed by atoms with Gasteiger partial charge in [-0.25, -0.2) is 0 Å². The van der Waals surface area contributed by atoms with E-state index in [4.69, 9.17) is 11.6 Å². The van der Waals surface area contributed by atoms with Crippen molar-refractivity contribution in [2.24, 2.45) is 0 Å². The van der Waals surface area contributed by atoms with Crippen molar-refractivity contribution < 1.29 is 9.59 Å². The van der Waals surface area contributed by atoms with Crippen LogP contribution < -0.4 is 5.32 Å². The fraction of sp³-hybridized carbons (Fsp3) is 0.579. The topological polar surface area (TPSA) is 52.7 Å². The molecule has 1 N–H and O–H groups in total. The number of nitrogens with one attached hydrogen (secondary N) is 1. The highest BCUT2D eigenvalue weighted by Gasteiger charge is 2.24. The van der Waals surface area contributed by atoms with Gasteiger partial charge >= 0.3 is 0 Å². The van der Waals surface area contributed by atoms with Crippen molar-refractivity contribution >= 4 is 29.1 Å². The maximum Gasteiger partial charge on any atom is 0.238 e. The summed E-state index contributed by atoms with van der Waals surface area (Å²) in [5.74, 6) is -0.140. The lowest BCUT2D eigenvalue weighted by Gasteiger charge is -2.35. The third-order valence-corrected chi connectivity index (χ3v) is 4.72. The first-order valence-electron chi connectivity index (χ1n) is 8.84. The number of hydrogen-bond acceptors (Lipinski definition) is 3. The number of hydrogen-bond donors (Lipinski definition) is 1. The fourth-order valence-corrected chi connectivity index (χ4v) is 2.87. The molecule has 2 amide bonds. The summed E-state index contributed by atoms with van der Waals surface area (Å²) in [6, 6.07) is 7.46. The predicted octanol–water partition coefficient (Wildman–Crippen LogP) is 3.64. The first kappa shape index (κ1) is 21.5. The highest BCUT2D eigenvalue weighted by Crippen LogP contribution is 2.20. The van der Waals surface area contributed by atoms with Crippen molar-refractivity contribution in [3.8, 4) is 0 Å². The molecule has 6 heteroatoms. The summed E-state index contributed by atoms with van der Waals surface area (Å²) in [4.78, 5) is 28.5. The Balaban J connectivity index is 2.61. The highest BCUT2D eigenvalue weighted by molar-refractivity contribution is 6.33. The molecule has 0 bridgehead atoms. The molecular formula is C19H30ClN3O2. The van der Waals surface area contributed by atoms with Crippen molar-refractivity contribution in [2.45, 2.75) is 52.6 Å². The van der Waals surface area contributed by atoms with Gasteiger partial charge in [0.15, 0.2) is 0 Å². The Morgan fingerprint density at radius 1 is 1.08 bits per heavy atom. The number of anilines is 1. The number of nitrogens with zero attached hydrogens (tertiary/aromatic N) is 2. The van der Waals surface area contributed by atoms with E-state index in [1.165, 1.54) is 0 Å². The van der Waals surface area contributed by atoms with E-state index in [2.05, 4.69) is 33.0 Å². The molecule has 0 spiro atoms. The molecule has 1 rings (SSSR count). The Morgan fingerprint density at radius 3 is 2.16 bits per heavy atom. The average Bonchev–Trinajstić information content (AvgIpc) is 2.56. The minimum atomic E-state index is -0.193. The minimum Gasteiger partial charge on any atom is -0.336 e. The molecule has 0 unspecified atom stereocenters. The van der Waals surface area contributed by atoms with Crippen LogP contribution in [0.2, 0.25) is 5.02 Å². The van der Waals surface area contributed by atoms with Gasteiger partial charge in [-0.1, -0.05) is 37.6 Å². The summed E-state index contributed by atoms with van der Waals surface area (Å²) >= 11 is 6.04. The summed E-state index contributed by atoms with van der Waals surface area (Å²) in [6.45, 7) is 8.63. The molecule has 0 aliphatic heterocycles. The van der Waals surface area contributed by atoms with Gasteiger partial charge in [-0.05, 0) is 45.9 Å². The zero-order valence-electron chi connectivity index (χ0n) is 15.9. The Labute approximate surface area is 156 Å². The van der Waals surface area contributed by atoms with Gasteiger partial charge in [0.05, 0.1) is 23.8 Å². The monoisotopic (exact) mass is 367 g/mol. The van der Waals surface area contributed by atoms with Gasteiger partial charge in [-0.15, -0.1) is 0 Å². The second kappa shape index (κ2) is 10.4. The number of amides is 2. The number of halogens is 1. The van der Waals surface area contributed by atoms with Crippen LogP contribution in [0.5, 0.6) is 0 Å². The predicted molar refractivity (Wildman–Crippen MR) is 104 cm³/mol. The lowest BCUT2D eigenvalue weighted by Crippen LogP contribution is -2.49. The summed E-state index contributed by atoms with van der Waals surface area (Å²) in [5, 5.41) is 3.27. The zero-order chi connectivity index (χ0) is 19.0. The first-order valence-corrected chi connectivity index (χ1v) is 9.21. The molecular weight excluding hydrogens is 338 g/mol. The van der Waals surface area contributed by atoms with Gasteiger partial charge in [0, 0.05) is 12.1 Å². The van der Waals surface area contributed by atoms with Gasteiger partial charge in [-0.3, -0.25) is 14.5 Å². The van der Waals surface area contributed by atoms with E-state index in [0.717, 1.165) is 12.8 Å². The number of rotatable bonds is 9. The van der Waals surface area contributed by atoms with Crippen LogP contribution in [-0.4, -0.2) is 53.8 Å². The first-order chi connectivity index (χ1) is 11.8.